The fourth-order valence-electron chi connectivity index (χ4n) is 1.33. The van der Waals surface area contributed by atoms with Crippen molar-refractivity contribution in [1.29, 1.82) is 0 Å². The molecular formula is C12H16ClNO. The van der Waals surface area contributed by atoms with E-state index in [1.165, 1.54) is 5.56 Å². The fraction of sp³-hybridized carbons (Fsp3) is 0.417. The zero-order valence-corrected chi connectivity index (χ0v) is 10.0. The first kappa shape index (κ1) is 12.1. The van der Waals surface area contributed by atoms with Gasteiger partial charge in [0, 0.05) is 7.05 Å². The Morgan fingerprint density at radius 2 is 1.67 bits per heavy atom. The van der Waals surface area contributed by atoms with E-state index in [9.17, 15) is 4.79 Å². The van der Waals surface area contributed by atoms with Gasteiger partial charge in [-0.3, -0.25) is 4.79 Å². The third-order valence-electron chi connectivity index (χ3n) is 2.37. The molecule has 1 amide bonds. The Hall–Kier alpha value is -1.02. The Kier molecular flexibility index (Phi) is 4.15. The summed E-state index contributed by atoms with van der Waals surface area (Å²) >= 11 is 5.98. The average molecular weight is 226 g/mol. The molecule has 0 aliphatic rings. The second-order valence-corrected chi connectivity index (χ2v) is 4.23. The number of nitrogens with one attached hydrogen (secondary N) is 1. The molecule has 1 aromatic carbocycles. The smallest absolute Gasteiger partial charge is 0.242 e. The van der Waals surface area contributed by atoms with Crippen LogP contribution in [0.1, 0.15) is 36.3 Å². The Morgan fingerprint density at radius 1 is 1.20 bits per heavy atom. The molecule has 2 nitrogen and oxygen atoms in total. The molecule has 1 atom stereocenters. The molecule has 15 heavy (non-hydrogen) atoms. The van der Waals surface area contributed by atoms with Crippen LogP contribution >= 0.6 is 11.6 Å². The van der Waals surface area contributed by atoms with Crippen LogP contribution in [0, 0.1) is 0 Å². The highest BCUT2D eigenvalue weighted by atomic mass is 35.5. The molecule has 1 unspecified atom stereocenters. The summed E-state index contributed by atoms with van der Waals surface area (Å²) in [4.78, 5) is 11.3. The van der Waals surface area contributed by atoms with Crippen molar-refractivity contribution in [2.45, 2.75) is 25.1 Å². The van der Waals surface area contributed by atoms with Crippen molar-refractivity contribution in [3.63, 3.8) is 0 Å². The third-order valence-corrected chi connectivity index (χ3v) is 2.82. The highest BCUT2D eigenvalue weighted by Gasteiger charge is 2.15. The molecule has 0 saturated carbocycles. The number of likely N-dealkylation sites (N-methyl/N-ethyl adjacent to an activating group) is 1. The lowest BCUT2D eigenvalue weighted by atomic mass is 10.0. The maximum atomic E-state index is 11.3. The summed E-state index contributed by atoms with van der Waals surface area (Å²) in [5, 5.41) is 1.93. The lowest BCUT2D eigenvalue weighted by Crippen LogP contribution is -2.22. The lowest BCUT2D eigenvalue weighted by molar-refractivity contribution is -0.120. The van der Waals surface area contributed by atoms with Gasteiger partial charge in [0.15, 0.2) is 0 Å². The molecule has 0 radical (unpaired) electrons. The van der Waals surface area contributed by atoms with E-state index < -0.39 is 5.38 Å². The van der Waals surface area contributed by atoms with Crippen molar-refractivity contribution in [1.82, 2.24) is 5.32 Å². The minimum Gasteiger partial charge on any atom is -0.358 e. The molecule has 82 valence electrons. The maximum absolute atomic E-state index is 11.3. The molecule has 0 aliphatic heterocycles. The molecule has 0 heterocycles. The summed E-state index contributed by atoms with van der Waals surface area (Å²) in [5.41, 5.74) is 2.08. The molecule has 0 fully saturated rings. The van der Waals surface area contributed by atoms with Gasteiger partial charge < -0.3 is 5.32 Å². The number of alkyl halides is 1. The van der Waals surface area contributed by atoms with Gasteiger partial charge in [-0.2, -0.15) is 0 Å². The summed E-state index contributed by atoms with van der Waals surface area (Å²) in [6.45, 7) is 4.26. The van der Waals surface area contributed by atoms with E-state index in [0.29, 0.717) is 5.92 Å². The Bertz CT molecular complexity index is 332. The summed E-state index contributed by atoms with van der Waals surface area (Å²) in [7, 11) is 1.58. The van der Waals surface area contributed by atoms with Crippen LogP contribution in [0.15, 0.2) is 24.3 Å². The van der Waals surface area contributed by atoms with Crippen LogP contribution in [0.25, 0.3) is 0 Å². The van der Waals surface area contributed by atoms with E-state index in [1.54, 1.807) is 7.05 Å². The quantitative estimate of drug-likeness (QED) is 0.788. The van der Waals surface area contributed by atoms with Crippen molar-refractivity contribution in [2.24, 2.45) is 0 Å². The minimum absolute atomic E-state index is 0.172. The van der Waals surface area contributed by atoms with Gasteiger partial charge in [-0.1, -0.05) is 38.1 Å². The largest absolute Gasteiger partial charge is 0.358 e. The molecule has 0 bridgehead atoms. The first-order valence-electron chi connectivity index (χ1n) is 5.01. The zero-order valence-electron chi connectivity index (χ0n) is 9.25. The third kappa shape index (κ3) is 2.96. The van der Waals surface area contributed by atoms with Crippen LogP contribution < -0.4 is 5.32 Å². The van der Waals surface area contributed by atoms with E-state index in [1.807, 2.05) is 24.3 Å². The van der Waals surface area contributed by atoms with E-state index in [0.717, 1.165) is 5.56 Å². The summed E-state index contributed by atoms with van der Waals surface area (Å²) < 4.78 is 0. The number of hydrogen-bond donors (Lipinski definition) is 1. The number of hydrogen-bond acceptors (Lipinski definition) is 1. The first-order valence-corrected chi connectivity index (χ1v) is 5.45. The van der Waals surface area contributed by atoms with Gasteiger partial charge in [0.2, 0.25) is 5.91 Å². The number of amides is 1. The molecular weight excluding hydrogens is 210 g/mol. The predicted molar refractivity (Wildman–Crippen MR) is 63.2 cm³/mol. The molecule has 1 aromatic rings. The SMILES string of the molecule is CNC(=O)C(Cl)c1ccc(C(C)C)cc1. The number of carbonyl (C=O) groups excluding carboxylic acids is 1. The number of rotatable bonds is 3. The second kappa shape index (κ2) is 5.17. The molecule has 1 rings (SSSR count). The van der Waals surface area contributed by atoms with Crippen LogP contribution in [0.4, 0.5) is 0 Å². The van der Waals surface area contributed by atoms with Crippen molar-refractivity contribution < 1.29 is 4.79 Å². The fourth-order valence-corrected chi connectivity index (χ4v) is 1.58. The van der Waals surface area contributed by atoms with Crippen LogP contribution in [0.2, 0.25) is 0 Å². The van der Waals surface area contributed by atoms with E-state index >= 15 is 0 Å². The lowest BCUT2D eigenvalue weighted by Gasteiger charge is -2.10. The van der Waals surface area contributed by atoms with Crippen LogP contribution in [-0.4, -0.2) is 13.0 Å². The minimum atomic E-state index is -0.601. The molecule has 0 aliphatic carbocycles. The normalized spacial score (nSPS) is 12.6. The van der Waals surface area contributed by atoms with Crippen LogP contribution in [0.5, 0.6) is 0 Å². The van der Waals surface area contributed by atoms with Gasteiger partial charge in [-0.05, 0) is 17.0 Å². The van der Waals surface area contributed by atoms with Gasteiger partial charge >= 0.3 is 0 Å². The number of halogens is 1. The summed E-state index contributed by atoms with van der Waals surface area (Å²) in [5.74, 6) is 0.321. The average Bonchev–Trinajstić information content (AvgIpc) is 2.27. The van der Waals surface area contributed by atoms with Gasteiger partial charge in [-0.15, -0.1) is 11.6 Å². The Balaban J connectivity index is 2.84. The van der Waals surface area contributed by atoms with E-state index in [4.69, 9.17) is 11.6 Å². The van der Waals surface area contributed by atoms with Gasteiger partial charge in [0.1, 0.15) is 5.38 Å². The zero-order chi connectivity index (χ0) is 11.4. The van der Waals surface area contributed by atoms with Crippen molar-refractivity contribution in [3.8, 4) is 0 Å². The summed E-state index contributed by atoms with van der Waals surface area (Å²) in [6.07, 6.45) is 0. The highest BCUT2D eigenvalue weighted by Crippen LogP contribution is 2.23. The van der Waals surface area contributed by atoms with Gasteiger partial charge in [0.05, 0.1) is 0 Å². The van der Waals surface area contributed by atoms with Gasteiger partial charge in [-0.25, -0.2) is 0 Å². The number of benzene rings is 1. The predicted octanol–water partition coefficient (Wildman–Crippen LogP) is 2.84. The molecule has 0 saturated heterocycles. The van der Waals surface area contributed by atoms with Crippen molar-refractivity contribution in [2.75, 3.05) is 7.05 Å². The molecule has 1 N–H and O–H groups in total. The number of carbonyl (C=O) groups is 1. The van der Waals surface area contributed by atoms with Crippen LogP contribution in [0.3, 0.4) is 0 Å². The second-order valence-electron chi connectivity index (χ2n) is 3.80. The molecule has 3 heteroatoms. The summed E-state index contributed by atoms with van der Waals surface area (Å²) in [6, 6.07) is 7.83. The van der Waals surface area contributed by atoms with Gasteiger partial charge in [0.25, 0.3) is 0 Å². The highest BCUT2D eigenvalue weighted by molar-refractivity contribution is 6.30. The standard InChI is InChI=1S/C12H16ClNO/c1-8(2)9-4-6-10(7-5-9)11(13)12(15)14-3/h4-8,11H,1-3H3,(H,14,15). The van der Waals surface area contributed by atoms with Crippen LogP contribution in [-0.2, 0) is 4.79 Å². The van der Waals surface area contributed by atoms with Crippen molar-refractivity contribution in [3.05, 3.63) is 35.4 Å². The molecule has 0 aromatic heterocycles. The monoisotopic (exact) mass is 225 g/mol. The first-order chi connectivity index (χ1) is 7.06. The van der Waals surface area contributed by atoms with E-state index in [2.05, 4.69) is 19.2 Å². The Labute approximate surface area is 95.6 Å². The molecule has 0 spiro atoms. The Morgan fingerprint density at radius 3 is 2.07 bits per heavy atom. The maximum Gasteiger partial charge on any atom is 0.242 e. The topological polar surface area (TPSA) is 29.1 Å². The van der Waals surface area contributed by atoms with Crippen molar-refractivity contribution >= 4 is 17.5 Å². The van der Waals surface area contributed by atoms with E-state index in [-0.39, 0.29) is 5.91 Å².